The highest BCUT2D eigenvalue weighted by atomic mass is 16.6. The molecule has 1 aliphatic rings. The smallest absolute Gasteiger partial charge is 0.333 e. The molecular formula is C13H16N6O3. The number of ether oxygens (including phenoxy) is 1. The third kappa shape index (κ3) is 2.50. The summed E-state index contributed by atoms with van der Waals surface area (Å²) in [7, 11) is 0. The lowest BCUT2D eigenvalue weighted by atomic mass is 10.2. The number of morpholine rings is 1. The summed E-state index contributed by atoms with van der Waals surface area (Å²) in [5.41, 5.74) is 0.222. The molecule has 1 fully saturated rings. The summed E-state index contributed by atoms with van der Waals surface area (Å²) in [5, 5.41) is 11.3. The minimum absolute atomic E-state index is 0.109. The molecule has 1 aliphatic heterocycles. The number of nitrogens with zero attached hydrogens (tertiary/aromatic N) is 6. The fraction of sp³-hybridized carbons (Fsp3) is 0.462. The average molecular weight is 304 g/mol. The normalized spacial score (nSPS) is 18.5. The van der Waals surface area contributed by atoms with Gasteiger partial charge >= 0.3 is 5.69 Å². The molecular weight excluding hydrogens is 288 g/mol. The minimum Gasteiger partial charge on any atom is -0.377 e. The van der Waals surface area contributed by atoms with Crippen LogP contribution in [0.2, 0.25) is 0 Å². The number of hydrogen-bond donors (Lipinski definition) is 0. The van der Waals surface area contributed by atoms with Crippen LogP contribution in [0.15, 0.2) is 18.7 Å². The number of nitro groups is 1. The molecule has 9 nitrogen and oxygen atoms in total. The van der Waals surface area contributed by atoms with E-state index in [1.54, 1.807) is 19.3 Å². The van der Waals surface area contributed by atoms with Crippen molar-refractivity contribution in [3.63, 3.8) is 0 Å². The van der Waals surface area contributed by atoms with Gasteiger partial charge in [0.2, 0.25) is 11.8 Å². The van der Waals surface area contributed by atoms with Gasteiger partial charge in [-0.25, -0.2) is 9.97 Å². The molecule has 0 bridgehead atoms. The Morgan fingerprint density at radius 1 is 1.45 bits per heavy atom. The van der Waals surface area contributed by atoms with Gasteiger partial charge in [0.05, 0.1) is 24.2 Å². The minimum atomic E-state index is -0.461. The number of hydrogen-bond acceptors (Lipinski definition) is 7. The molecule has 0 saturated carbocycles. The summed E-state index contributed by atoms with van der Waals surface area (Å²) >= 11 is 0. The zero-order chi connectivity index (χ0) is 15.7. The van der Waals surface area contributed by atoms with Crippen LogP contribution in [-0.4, -0.2) is 50.2 Å². The second kappa shape index (κ2) is 5.68. The van der Waals surface area contributed by atoms with Crippen LogP contribution in [0.5, 0.6) is 0 Å². The summed E-state index contributed by atoms with van der Waals surface area (Å²) in [6.45, 7) is 5.46. The highest BCUT2D eigenvalue weighted by Gasteiger charge is 2.28. The van der Waals surface area contributed by atoms with Gasteiger partial charge in [0.15, 0.2) is 0 Å². The molecule has 3 heterocycles. The van der Waals surface area contributed by atoms with Gasteiger partial charge in [-0.3, -0.25) is 14.7 Å². The highest BCUT2D eigenvalue weighted by Crippen LogP contribution is 2.27. The van der Waals surface area contributed by atoms with E-state index in [1.165, 1.54) is 10.9 Å². The van der Waals surface area contributed by atoms with E-state index in [4.69, 9.17) is 4.74 Å². The molecule has 2 aromatic heterocycles. The number of rotatable bonds is 3. The molecule has 0 aromatic carbocycles. The molecule has 1 unspecified atom stereocenters. The standard InChI is InChI=1S/C13H16N6O3/c1-9-7-22-6-5-18(9)13-15-10(2)11(19(20)21)12(16-13)17-4-3-14-8-17/h3-4,8-9H,5-7H2,1-2H3. The maximum absolute atomic E-state index is 11.3. The van der Waals surface area contributed by atoms with Crippen molar-refractivity contribution in [2.24, 2.45) is 0 Å². The summed E-state index contributed by atoms with van der Waals surface area (Å²) in [6, 6.07) is 0.116. The van der Waals surface area contributed by atoms with Gasteiger partial charge in [0.1, 0.15) is 12.0 Å². The van der Waals surface area contributed by atoms with Crippen molar-refractivity contribution < 1.29 is 9.66 Å². The van der Waals surface area contributed by atoms with Gasteiger partial charge in [-0.2, -0.15) is 4.98 Å². The van der Waals surface area contributed by atoms with Crippen molar-refractivity contribution in [2.45, 2.75) is 19.9 Å². The SMILES string of the molecule is Cc1nc(N2CCOCC2C)nc(-n2ccnc2)c1[N+](=O)[O-]. The first-order chi connectivity index (χ1) is 10.6. The van der Waals surface area contributed by atoms with Gasteiger partial charge in [0.25, 0.3) is 0 Å². The largest absolute Gasteiger partial charge is 0.377 e. The molecule has 2 aromatic rings. The summed E-state index contributed by atoms with van der Waals surface area (Å²) in [5.74, 6) is 0.700. The predicted molar refractivity (Wildman–Crippen MR) is 78.2 cm³/mol. The molecule has 3 rings (SSSR count). The van der Waals surface area contributed by atoms with E-state index >= 15 is 0 Å². The number of aromatic nitrogens is 4. The fourth-order valence-electron chi connectivity index (χ4n) is 2.47. The van der Waals surface area contributed by atoms with E-state index in [0.717, 1.165) is 0 Å². The van der Waals surface area contributed by atoms with E-state index in [1.807, 2.05) is 11.8 Å². The lowest BCUT2D eigenvalue weighted by Gasteiger charge is -2.33. The quantitative estimate of drug-likeness (QED) is 0.618. The van der Waals surface area contributed by atoms with Crippen molar-refractivity contribution in [2.75, 3.05) is 24.7 Å². The van der Waals surface area contributed by atoms with Crippen LogP contribution in [0.3, 0.4) is 0 Å². The first-order valence-corrected chi connectivity index (χ1v) is 6.93. The zero-order valence-corrected chi connectivity index (χ0v) is 12.3. The third-order valence-electron chi connectivity index (χ3n) is 3.58. The van der Waals surface area contributed by atoms with Crippen LogP contribution < -0.4 is 4.90 Å². The molecule has 0 N–H and O–H groups in total. The van der Waals surface area contributed by atoms with Crippen LogP contribution in [-0.2, 0) is 4.74 Å². The average Bonchev–Trinajstić information content (AvgIpc) is 3.00. The van der Waals surface area contributed by atoms with Gasteiger partial charge < -0.3 is 9.64 Å². The number of anilines is 1. The molecule has 116 valence electrons. The summed E-state index contributed by atoms with van der Waals surface area (Å²) in [4.78, 5) is 25.6. The Morgan fingerprint density at radius 3 is 2.91 bits per heavy atom. The second-order valence-corrected chi connectivity index (χ2v) is 5.13. The van der Waals surface area contributed by atoms with E-state index < -0.39 is 4.92 Å². The van der Waals surface area contributed by atoms with Crippen LogP contribution in [0.25, 0.3) is 5.82 Å². The first-order valence-electron chi connectivity index (χ1n) is 6.93. The monoisotopic (exact) mass is 304 g/mol. The maximum Gasteiger partial charge on any atom is 0.333 e. The molecule has 1 saturated heterocycles. The Labute approximate surface area is 126 Å². The van der Waals surface area contributed by atoms with Crippen molar-refractivity contribution in [1.29, 1.82) is 0 Å². The van der Waals surface area contributed by atoms with Gasteiger partial charge in [-0.05, 0) is 13.8 Å². The van der Waals surface area contributed by atoms with E-state index in [0.29, 0.717) is 31.4 Å². The molecule has 0 amide bonds. The Kier molecular flexibility index (Phi) is 3.72. The first kappa shape index (κ1) is 14.4. The van der Waals surface area contributed by atoms with E-state index in [-0.39, 0.29) is 17.5 Å². The number of aryl methyl sites for hydroxylation is 1. The Morgan fingerprint density at radius 2 is 2.27 bits per heavy atom. The molecule has 0 radical (unpaired) electrons. The Balaban J connectivity index is 2.12. The highest BCUT2D eigenvalue weighted by molar-refractivity contribution is 5.54. The Hall–Kier alpha value is -2.55. The second-order valence-electron chi connectivity index (χ2n) is 5.13. The third-order valence-corrected chi connectivity index (χ3v) is 3.58. The molecule has 9 heteroatoms. The van der Waals surface area contributed by atoms with E-state index in [2.05, 4.69) is 15.0 Å². The van der Waals surface area contributed by atoms with Crippen LogP contribution in [0, 0.1) is 17.0 Å². The Bertz CT molecular complexity index is 687. The topological polar surface area (TPSA) is 99.2 Å². The van der Waals surface area contributed by atoms with Crippen LogP contribution >= 0.6 is 0 Å². The fourth-order valence-corrected chi connectivity index (χ4v) is 2.47. The van der Waals surface area contributed by atoms with Gasteiger partial charge in [-0.1, -0.05) is 0 Å². The molecule has 1 atom stereocenters. The van der Waals surface area contributed by atoms with Crippen LogP contribution in [0.1, 0.15) is 12.6 Å². The lowest BCUT2D eigenvalue weighted by molar-refractivity contribution is -0.385. The summed E-state index contributed by atoms with van der Waals surface area (Å²) in [6.07, 6.45) is 4.67. The molecule has 0 aliphatic carbocycles. The van der Waals surface area contributed by atoms with Crippen molar-refractivity contribution in [3.8, 4) is 5.82 Å². The molecule has 22 heavy (non-hydrogen) atoms. The van der Waals surface area contributed by atoms with E-state index in [9.17, 15) is 10.1 Å². The van der Waals surface area contributed by atoms with Gasteiger partial charge in [0, 0.05) is 18.9 Å². The molecule has 0 spiro atoms. The van der Waals surface area contributed by atoms with Crippen molar-refractivity contribution in [1.82, 2.24) is 19.5 Å². The van der Waals surface area contributed by atoms with Crippen LogP contribution in [0.4, 0.5) is 11.6 Å². The lowest BCUT2D eigenvalue weighted by Crippen LogP contribution is -2.44. The maximum atomic E-state index is 11.3. The summed E-state index contributed by atoms with van der Waals surface area (Å²) < 4.78 is 6.94. The predicted octanol–water partition coefficient (Wildman–Crippen LogP) is 1.10. The van der Waals surface area contributed by atoms with Crippen molar-refractivity contribution >= 4 is 11.6 Å². The van der Waals surface area contributed by atoms with Gasteiger partial charge in [-0.15, -0.1) is 0 Å². The number of imidazole rings is 1. The zero-order valence-electron chi connectivity index (χ0n) is 12.3. The van der Waals surface area contributed by atoms with Crippen molar-refractivity contribution in [3.05, 3.63) is 34.5 Å².